The zero-order valence-corrected chi connectivity index (χ0v) is 10.8. The number of hydrogen-bond donors (Lipinski definition) is 0. The molecule has 0 saturated heterocycles. The molecule has 96 valence electrons. The van der Waals surface area contributed by atoms with Gasteiger partial charge in [0.1, 0.15) is 0 Å². The molecule has 17 heavy (non-hydrogen) atoms. The monoisotopic (exact) mass is 262 g/mol. The smallest absolute Gasteiger partial charge is 0.274 e. The summed E-state index contributed by atoms with van der Waals surface area (Å²) >= 11 is 0. The molecule has 0 unspecified atom stereocenters. The van der Waals surface area contributed by atoms with E-state index in [9.17, 15) is 13.2 Å². The van der Waals surface area contributed by atoms with Gasteiger partial charge < -0.3 is 0 Å². The van der Waals surface area contributed by atoms with Gasteiger partial charge in [-0.3, -0.25) is 9.63 Å². The summed E-state index contributed by atoms with van der Waals surface area (Å²) in [5.41, 5.74) is -0.0141. The van der Waals surface area contributed by atoms with Crippen LogP contribution in [-0.4, -0.2) is 61.1 Å². The summed E-state index contributed by atoms with van der Waals surface area (Å²) in [6, 6.07) is 1.30. The Morgan fingerprint density at radius 1 is 1.41 bits per heavy atom. The minimum atomic E-state index is -3.69. The quantitative estimate of drug-likeness (QED) is 0.661. The van der Waals surface area contributed by atoms with Crippen molar-refractivity contribution in [2.24, 2.45) is 0 Å². The zero-order chi connectivity index (χ0) is 13.2. The maximum absolute atomic E-state index is 11.7. The Hall–Kier alpha value is -1.45. The van der Waals surface area contributed by atoms with E-state index < -0.39 is 16.1 Å². The normalized spacial score (nSPS) is 11.8. The van der Waals surface area contributed by atoms with Gasteiger partial charge in [0.25, 0.3) is 5.91 Å². The first kappa shape index (κ1) is 13.6. The summed E-state index contributed by atoms with van der Waals surface area (Å²) < 4.78 is 25.1. The number of hydroxylamine groups is 2. The predicted molar refractivity (Wildman–Crippen MR) is 59.3 cm³/mol. The van der Waals surface area contributed by atoms with E-state index in [0.717, 1.165) is 13.5 Å². The van der Waals surface area contributed by atoms with Crippen LogP contribution in [-0.2, 0) is 15.0 Å². The number of amides is 1. The molecule has 1 aromatic rings. The highest BCUT2D eigenvalue weighted by Crippen LogP contribution is 2.04. The van der Waals surface area contributed by atoms with Crippen LogP contribution in [0.5, 0.6) is 0 Å². The molecule has 0 aliphatic heterocycles. The summed E-state index contributed by atoms with van der Waals surface area (Å²) in [5, 5.41) is 4.64. The molecule has 0 aliphatic carbocycles. The Kier molecular flexibility index (Phi) is 3.86. The standard InChI is InChI=1S/C8H14N4O4S/c1-10(2)17(14,15)12-6-5-7(9-12)8(13)11(3)16-4/h5-6H,1-4H3. The molecule has 0 bridgehead atoms. The summed E-state index contributed by atoms with van der Waals surface area (Å²) in [7, 11) is 1.78. The van der Waals surface area contributed by atoms with Crippen LogP contribution in [0.1, 0.15) is 10.5 Å². The second kappa shape index (κ2) is 4.82. The summed E-state index contributed by atoms with van der Waals surface area (Å²) in [6.45, 7) is 0. The number of carbonyl (C=O) groups excluding carboxylic acids is 1. The Labute approximate surface area is 99.5 Å². The van der Waals surface area contributed by atoms with Crippen molar-refractivity contribution in [1.29, 1.82) is 0 Å². The third-order valence-electron chi connectivity index (χ3n) is 2.04. The van der Waals surface area contributed by atoms with Gasteiger partial charge >= 0.3 is 10.2 Å². The van der Waals surface area contributed by atoms with Crippen LogP contribution in [0.15, 0.2) is 12.3 Å². The van der Waals surface area contributed by atoms with Crippen molar-refractivity contribution in [3.63, 3.8) is 0 Å². The molecule has 0 N–H and O–H groups in total. The largest absolute Gasteiger partial charge is 0.322 e. The van der Waals surface area contributed by atoms with E-state index in [2.05, 4.69) is 9.94 Å². The maximum Gasteiger partial charge on any atom is 0.322 e. The fourth-order valence-electron chi connectivity index (χ4n) is 0.961. The molecular weight excluding hydrogens is 248 g/mol. The van der Waals surface area contributed by atoms with Crippen LogP contribution in [0.25, 0.3) is 0 Å². The average molecular weight is 262 g/mol. The molecule has 0 aliphatic rings. The van der Waals surface area contributed by atoms with Crippen LogP contribution in [0, 0.1) is 0 Å². The Balaban J connectivity index is 3.05. The summed E-state index contributed by atoms with van der Waals surface area (Å²) in [6.07, 6.45) is 1.20. The van der Waals surface area contributed by atoms with E-state index in [-0.39, 0.29) is 5.69 Å². The fourth-order valence-corrected chi connectivity index (χ4v) is 1.70. The molecule has 9 heteroatoms. The highest BCUT2D eigenvalue weighted by Gasteiger charge is 2.21. The van der Waals surface area contributed by atoms with Crippen molar-refractivity contribution in [2.75, 3.05) is 28.3 Å². The molecule has 0 fully saturated rings. The number of rotatable bonds is 4. The van der Waals surface area contributed by atoms with Crippen LogP contribution in [0.3, 0.4) is 0 Å². The molecule has 1 aromatic heterocycles. The van der Waals surface area contributed by atoms with E-state index >= 15 is 0 Å². The zero-order valence-electron chi connectivity index (χ0n) is 9.98. The molecular formula is C8H14N4O4S. The van der Waals surface area contributed by atoms with E-state index in [1.807, 2.05) is 0 Å². The van der Waals surface area contributed by atoms with Gasteiger partial charge in [-0.15, -0.1) is 0 Å². The molecule has 1 rings (SSSR count). The van der Waals surface area contributed by atoms with Crippen LogP contribution in [0.4, 0.5) is 0 Å². The van der Waals surface area contributed by atoms with Gasteiger partial charge in [-0.2, -0.15) is 21.9 Å². The van der Waals surface area contributed by atoms with Gasteiger partial charge in [-0.1, -0.05) is 0 Å². The van der Waals surface area contributed by atoms with Crippen LogP contribution in [0.2, 0.25) is 0 Å². The molecule has 0 atom stereocenters. The van der Waals surface area contributed by atoms with Crippen LogP contribution < -0.4 is 0 Å². The lowest BCUT2D eigenvalue weighted by Crippen LogP contribution is -2.30. The summed E-state index contributed by atoms with van der Waals surface area (Å²) in [4.78, 5) is 16.3. The van der Waals surface area contributed by atoms with E-state index in [0.29, 0.717) is 0 Å². The number of nitrogens with zero attached hydrogens (tertiary/aromatic N) is 4. The van der Waals surface area contributed by atoms with Crippen molar-refractivity contribution in [1.82, 2.24) is 18.6 Å². The SMILES string of the molecule is CON(C)C(=O)c1ccn(S(=O)(=O)N(C)C)n1. The van der Waals surface area contributed by atoms with Crippen LogP contribution >= 0.6 is 0 Å². The molecule has 8 nitrogen and oxygen atoms in total. The van der Waals surface area contributed by atoms with Gasteiger partial charge in [0.15, 0.2) is 5.69 Å². The topological polar surface area (TPSA) is 84.7 Å². The maximum atomic E-state index is 11.7. The lowest BCUT2D eigenvalue weighted by Gasteiger charge is -2.12. The predicted octanol–water partition coefficient (Wildman–Crippen LogP) is -0.829. The first-order chi connectivity index (χ1) is 7.80. The average Bonchev–Trinajstić information content (AvgIpc) is 2.76. The lowest BCUT2D eigenvalue weighted by molar-refractivity contribution is -0.0760. The molecule has 1 heterocycles. The van der Waals surface area contributed by atoms with Gasteiger partial charge in [-0.25, -0.2) is 5.06 Å². The highest BCUT2D eigenvalue weighted by molar-refractivity contribution is 7.87. The second-order valence-corrected chi connectivity index (χ2v) is 5.35. The molecule has 1 amide bonds. The molecule has 0 aromatic carbocycles. The van der Waals surface area contributed by atoms with Crippen molar-refractivity contribution >= 4 is 16.1 Å². The van der Waals surface area contributed by atoms with Crippen molar-refractivity contribution < 1.29 is 18.0 Å². The summed E-state index contributed by atoms with van der Waals surface area (Å²) in [5.74, 6) is -0.528. The highest BCUT2D eigenvalue weighted by atomic mass is 32.2. The minimum Gasteiger partial charge on any atom is -0.274 e. The van der Waals surface area contributed by atoms with E-state index in [1.165, 1.54) is 40.5 Å². The minimum absolute atomic E-state index is 0.0141. The Bertz CT molecular complexity index is 507. The Morgan fingerprint density at radius 2 is 2.00 bits per heavy atom. The Morgan fingerprint density at radius 3 is 2.47 bits per heavy atom. The first-order valence-electron chi connectivity index (χ1n) is 4.61. The van der Waals surface area contributed by atoms with Crippen molar-refractivity contribution in [2.45, 2.75) is 0 Å². The van der Waals surface area contributed by atoms with Gasteiger partial charge in [0.2, 0.25) is 0 Å². The van der Waals surface area contributed by atoms with Gasteiger partial charge in [-0.05, 0) is 6.07 Å². The lowest BCUT2D eigenvalue weighted by atomic mass is 10.4. The third kappa shape index (κ3) is 2.62. The van der Waals surface area contributed by atoms with Crippen molar-refractivity contribution in [3.8, 4) is 0 Å². The number of aromatic nitrogens is 2. The second-order valence-electron chi connectivity index (χ2n) is 3.35. The fraction of sp³-hybridized carbons (Fsp3) is 0.500. The van der Waals surface area contributed by atoms with E-state index in [4.69, 9.17) is 0 Å². The first-order valence-corrected chi connectivity index (χ1v) is 6.01. The van der Waals surface area contributed by atoms with E-state index in [1.54, 1.807) is 0 Å². The third-order valence-corrected chi connectivity index (χ3v) is 3.64. The number of carbonyl (C=O) groups is 1. The van der Waals surface area contributed by atoms with Gasteiger partial charge in [0.05, 0.1) is 7.11 Å². The molecule has 0 spiro atoms. The van der Waals surface area contributed by atoms with Gasteiger partial charge in [0, 0.05) is 27.3 Å². The molecule has 0 saturated carbocycles. The van der Waals surface area contributed by atoms with Crippen molar-refractivity contribution in [3.05, 3.63) is 18.0 Å². The number of hydrogen-bond acceptors (Lipinski definition) is 5. The molecule has 0 radical (unpaired) electrons.